The van der Waals surface area contributed by atoms with Gasteiger partial charge < -0.3 is 15.8 Å². The second-order valence-electron chi connectivity index (χ2n) is 4.98. The van der Waals surface area contributed by atoms with Crippen LogP contribution in [0.4, 0.5) is 0 Å². The number of methoxy groups -OCH3 is 1. The van der Waals surface area contributed by atoms with Gasteiger partial charge in [-0.15, -0.1) is 0 Å². The highest BCUT2D eigenvalue weighted by Gasteiger charge is 2.17. The van der Waals surface area contributed by atoms with Crippen LogP contribution in [-0.4, -0.2) is 32.2 Å². The Bertz CT molecular complexity index is 547. The third-order valence-corrected chi connectivity index (χ3v) is 3.34. The standard InChI is InChI=1S/C16H21ClN2O2/c1-11(2)15(10-21-3)19-16(20)13-7-6-12(5-4-8-18)14(17)9-13/h6-7,9,11,15H,8,10,18H2,1-3H3,(H,19,20). The lowest BCUT2D eigenvalue weighted by Crippen LogP contribution is -2.41. The van der Waals surface area contributed by atoms with Crippen molar-refractivity contribution in [3.8, 4) is 11.8 Å². The van der Waals surface area contributed by atoms with E-state index in [0.29, 0.717) is 22.8 Å². The minimum absolute atomic E-state index is 0.0435. The summed E-state index contributed by atoms with van der Waals surface area (Å²) in [4.78, 5) is 12.2. The summed E-state index contributed by atoms with van der Waals surface area (Å²) in [5.41, 5.74) is 6.49. The summed E-state index contributed by atoms with van der Waals surface area (Å²) in [6.45, 7) is 4.80. The van der Waals surface area contributed by atoms with E-state index in [4.69, 9.17) is 22.1 Å². The molecule has 1 rings (SSSR count). The first-order valence-corrected chi connectivity index (χ1v) is 7.15. The second kappa shape index (κ2) is 8.68. The minimum Gasteiger partial charge on any atom is -0.383 e. The van der Waals surface area contributed by atoms with E-state index in [-0.39, 0.29) is 24.4 Å². The number of amides is 1. The zero-order valence-electron chi connectivity index (χ0n) is 12.6. The Morgan fingerprint density at radius 2 is 2.19 bits per heavy atom. The van der Waals surface area contributed by atoms with Gasteiger partial charge in [0.05, 0.1) is 24.2 Å². The van der Waals surface area contributed by atoms with E-state index in [1.807, 2.05) is 13.8 Å². The van der Waals surface area contributed by atoms with Crippen molar-refractivity contribution in [2.75, 3.05) is 20.3 Å². The molecule has 0 heterocycles. The van der Waals surface area contributed by atoms with E-state index in [2.05, 4.69) is 17.2 Å². The summed E-state index contributed by atoms with van der Waals surface area (Å²) in [5, 5.41) is 3.39. The molecule has 1 unspecified atom stereocenters. The average molecular weight is 309 g/mol. The maximum Gasteiger partial charge on any atom is 0.251 e. The highest BCUT2D eigenvalue weighted by atomic mass is 35.5. The number of carbonyl (C=O) groups is 1. The van der Waals surface area contributed by atoms with E-state index in [9.17, 15) is 4.79 Å². The van der Waals surface area contributed by atoms with Crippen molar-refractivity contribution in [2.24, 2.45) is 11.7 Å². The monoisotopic (exact) mass is 308 g/mol. The molecule has 0 spiro atoms. The zero-order chi connectivity index (χ0) is 15.8. The number of rotatable bonds is 5. The van der Waals surface area contributed by atoms with E-state index in [1.54, 1.807) is 25.3 Å². The van der Waals surface area contributed by atoms with Crippen LogP contribution in [0.5, 0.6) is 0 Å². The smallest absolute Gasteiger partial charge is 0.251 e. The molecule has 1 aromatic rings. The van der Waals surface area contributed by atoms with Gasteiger partial charge in [0.25, 0.3) is 5.91 Å². The number of hydrogen-bond acceptors (Lipinski definition) is 3. The van der Waals surface area contributed by atoms with Crippen LogP contribution in [0.3, 0.4) is 0 Å². The quantitative estimate of drug-likeness (QED) is 0.818. The first kappa shape index (κ1) is 17.5. The predicted molar refractivity (Wildman–Crippen MR) is 85.4 cm³/mol. The van der Waals surface area contributed by atoms with Crippen LogP contribution in [0, 0.1) is 17.8 Å². The van der Waals surface area contributed by atoms with Crippen LogP contribution >= 0.6 is 11.6 Å². The van der Waals surface area contributed by atoms with Gasteiger partial charge in [-0.1, -0.05) is 37.3 Å². The molecule has 0 aromatic heterocycles. The normalized spacial score (nSPS) is 11.7. The van der Waals surface area contributed by atoms with Gasteiger partial charge in [0.15, 0.2) is 0 Å². The van der Waals surface area contributed by atoms with Crippen LogP contribution < -0.4 is 11.1 Å². The van der Waals surface area contributed by atoms with Gasteiger partial charge in [0.2, 0.25) is 0 Å². The molecule has 1 amide bonds. The molecule has 3 N–H and O–H groups in total. The number of nitrogens with one attached hydrogen (secondary N) is 1. The molecule has 0 fully saturated rings. The van der Waals surface area contributed by atoms with E-state index >= 15 is 0 Å². The Morgan fingerprint density at radius 1 is 1.48 bits per heavy atom. The predicted octanol–water partition coefficient (Wildman–Crippen LogP) is 2.05. The molecule has 0 bridgehead atoms. The van der Waals surface area contributed by atoms with Gasteiger partial charge in [-0.3, -0.25) is 4.79 Å². The average Bonchev–Trinajstić information content (AvgIpc) is 2.45. The maximum absolute atomic E-state index is 12.2. The number of halogens is 1. The van der Waals surface area contributed by atoms with Crippen LogP contribution in [0.1, 0.15) is 29.8 Å². The van der Waals surface area contributed by atoms with E-state index < -0.39 is 0 Å². The summed E-state index contributed by atoms with van der Waals surface area (Å²) in [7, 11) is 1.61. The fraction of sp³-hybridized carbons (Fsp3) is 0.438. The first-order valence-electron chi connectivity index (χ1n) is 6.77. The SMILES string of the molecule is COCC(NC(=O)c1ccc(C#CCN)c(Cl)c1)C(C)C. The van der Waals surface area contributed by atoms with Gasteiger partial charge >= 0.3 is 0 Å². The van der Waals surface area contributed by atoms with Crippen molar-refractivity contribution in [1.82, 2.24) is 5.32 Å². The van der Waals surface area contributed by atoms with Gasteiger partial charge in [-0.05, 0) is 24.1 Å². The highest BCUT2D eigenvalue weighted by Crippen LogP contribution is 2.17. The van der Waals surface area contributed by atoms with Crippen molar-refractivity contribution in [3.63, 3.8) is 0 Å². The molecule has 0 saturated carbocycles. The number of hydrogen-bond donors (Lipinski definition) is 2. The third-order valence-electron chi connectivity index (χ3n) is 3.02. The summed E-state index contributed by atoms with van der Waals surface area (Å²) < 4.78 is 5.12. The number of benzene rings is 1. The molecule has 1 aromatic carbocycles. The Kier molecular flexibility index (Phi) is 7.24. The third kappa shape index (κ3) is 5.39. The van der Waals surface area contributed by atoms with Gasteiger partial charge in [0, 0.05) is 18.2 Å². The van der Waals surface area contributed by atoms with Crippen molar-refractivity contribution in [3.05, 3.63) is 34.3 Å². The molecule has 21 heavy (non-hydrogen) atoms. The van der Waals surface area contributed by atoms with Crippen molar-refractivity contribution < 1.29 is 9.53 Å². The molecule has 0 saturated heterocycles. The Morgan fingerprint density at radius 3 is 2.71 bits per heavy atom. The molecule has 1 atom stereocenters. The molecule has 0 aliphatic carbocycles. The van der Waals surface area contributed by atoms with Crippen LogP contribution in [0.25, 0.3) is 0 Å². The molecule has 0 radical (unpaired) electrons. The Labute approximate surface area is 131 Å². The minimum atomic E-state index is -0.175. The lowest BCUT2D eigenvalue weighted by molar-refractivity contribution is 0.0866. The largest absolute Gasteiger partial charge is 0.383 e. The summed E-state index contributed by atoms with van der Waals surface area (Å²) in [6, 6.07) is 4.99. The zero-order valence-corrected chi connectivity index (χ0v) is 13.3. The van der Waals surface area contributed by atoms with Gasteiger partial charge in [-0.25, -0.2) is 0 Å². The maximum atomic E-state index is 12.2. The second-order valence-corrected chi connectivity index (χ2v) is 5.39. The fourth-order valence-electron chi connectivity index (χ4n) is 1.74. The molecule has 114 valence electrons. The topological polar surface area (TPSA) is 64.3 Å². The summed E-state index contributed by atoms with van der Waals surface area (Å²) >= 11 is 6.12. The molecule has 4 nitrogen and oxygen atoms in total. The fourth-order valence-corrected chi connectivity index (χ4v) is 1.96. The molecular weight excluding hydrogens is 288 g/mol. The number of carbonyl (C=O) groups excluding carboxylic acids is 1. The first-order chi connectivity index (χ1) is 9.99. The molecule has 0 aliphatic heterocycles. The Balaban J connectivity index is 2.85. The highest BCUT2D eigenvalue weighted by molar-refractivity contribution is 6.32. The van der Waals surface area contributed by atoms with Crippen molar-refractivity contribution in [2.45, 2.75) is 19.9 Å². The van der Waals surface area contributed by atoms with E-state index in [1.165, 1.54) is 0 Å². The van der Waals surface area contributed by atoms with Crippen molar-refractivity contribution in [1.29, 1.82) is 0 Å². The Hall–Kier alpha value is -1.54. The molecular formula is C16H21ClN2O2. The lowest BCUT2D eigenvalue weighted by atomic mass is 10.0. The van der Waals surface area contributed by atoms with Crippen molar-refractivity contribution >= 4 is 17.5 Å². The summed E-state index contributed by atoms with van der Waals surface area (Å²) in [6.07, 6.45) is 0. The molecule has 0 aliphatic rings. The molecule has 5 heteroatoms. The number of nitrogens with two attached hydrogens (primary N) is 1. The van der Waals surface area contributed by atoms with E-state index in [0.717, 1.165) is 0 Å². The van der Waals surface area contributed by atoms with Gasteiger partial charge in [-0.2, -0.15) is 0 Å². The van der Waals surface area contributed by atoms with Crippen LogP contribution in [0.2, 0.25) is 5.02 Å². The lowest BCUT2D eigenvalue weighted by Gasteiger charge is -2.21. The van der Waals surface area contributed by atoms with Crippen LogP contribution in [-0.2, 0) is 4.74 Å². The van der Waals surface area contributed by atoms with Gasteiger partial charge in [0.1, 0.15) is 0 Å². The summed E-state index contributed by atoms with van der Waals surface area (Å²) in [5.74, 6) is 5.70. The number of ether oxygens (including phenoxy) is 1. The van der Waals surface area contributed by atoms with Crippen LogP contribution in [0.15, 0.2) is 18.2 Å².